The molecular formula is C29H32N4O4. The van der Waals surface area contributed by atoms with E-state index in [4.69, 9.17) is 0 Å². The van der Waals surface area contributed by atoms with Crippen molar-refractivity contribution in [2.24, 2.45) is 5.41 Å². The predicted molar refractivity (Wildman–Crippen MR) is 142 cm³/mol. The molecule has 1 aliphatic carbocycles. The SMILES string of the molecule is C=CCCc1nn(-c2ccc(C(=O)NCCc3ccc(C)cc3)cc2[N+](=O)[O-])c2c1C(=O)CC(C)(C)C2. The van der Waals surface area contributed by atoms with Gasteiger partial charge in [-0.3, -0.25) is 19.7 Å². The molecule has 0 unspecified atom stereocenters. The van der Waals surface area contributed by atoms with E-state index in [-0.39, 0.29) is 34.0 Å². The van der Waals surface area contributed by atoms with Gasteiger partial charge in [-0.2, -0.15) is 5.10 Å². The summed E-state index contributed by atoms with van der Waals surface area (Å²) in [5, 5.41) is 19.6. The minimum atomic E-state index is -0.508. The van der Waals surface area contributed by atoms with E-state index in [2.05, 4.69) is 17.0 Å². The molecule has 192 valence electrons. The van der Waals surface area contributed by atoms with Crippen LogP contribution in [0.25, 0.3) is 5.69 Å². The summed E-state index contributed by atoms with van der Waals surface area (Å²) in [5.41, 5.74) is 4.05. The normalized spacial score (nSPS) is 14.2. The third-order valence-corrected chi connectivity index (χ3v) is 6.69. The van der Waals surface area contributed by atoms with Gasteiger partial charge in [0.25, 0.3) is 11.6 Å². The van der Waals surface area contributed by atoms with E-state index in [1.807, 2.05) is 45.0 Å². The number of allylic oxidation sites excluding steroid dienone is 1. The zero-order valence-electron chi connectivity index (χ0n) is 21.5. The summed E-state index contributed by atoms with van der Waals surface area (Å²) in [4.78, 5) is 37.4. The summed E-state index contributed by atoms with van der Waals surface area (Å²) in [5.74, 6) is -0.379. The van der Waals surface area contributed by atoms with Crippen molar-refractivity contribution >= 4 is 17.4 Å². The molecule has 1 aliphatic rings. The van der Waals surface area contributed by atoms with E-state index in [1.165, 1.54) is 16.3 Å². The van der Waals surface area contributed by atoms with Gasteiger partial charge in [0, 0.05) is 24.6 Å². The minimum Gasteiger partial charge on any atom is -0.352 e. The molecule has 1 N–H and O–H groups in total. The van der Waals surface area contributed by atoms with Crippen LogP contribution in [0.3, 0.4) is 0 Å². The lowest BCUT2D eigenvalue weighted by Crippen LogP contribution is -2.28. The van der Waals surface area contributed by atoms with Gasteiger partial charge in [-0.1, -0.05) is 49.8 Å². The summed E-state index contributed by atoms with van der Waals surface area (Å²) in [6.07, 6.45) is 4.55. The Labute approximate surface area is 216 Å². The highest BCUT2D eigenvalue weighted by Gasteiger charge is 2.37. The fourth-order valence-corrected chi connectivity index (χ4v) is 4.81. The first-order valence-electron chi connectivity index (χ1n) is 12.5. The standard InChI is InChI=1S/C29H32N4O4/c1-5-6-7-22-27-25(17-29(3,4)18-26(27)34)32(31-22)23-13-12-21(16-24(23)33(36)37)28(35)30-15-14-20-10-8-19(2)9-11-20/h5,8-13,16H,1,6-7,14-15,17-18H2,2-4H3,(H,30,35). The highest BCUT2D eigenvalue weighted by atomic mass is 16.6. The highest BCUT2D eigenvalue weighted by molar-refractivity contribution is 6.00. The Morgan fingerprint density at radius 1 is 1.19 bits per heavy atom. The molecule has 0 bridgehead atoms. The molecule has 37 heavy (non-hydrogen) atoms. The van der Waals surface area contributed by atoms with Crippen LogP contribution in [0.15, 0.2) is 55.1 Å². The van der Waals surface area contributed by atoms with E-state index >= 15 is 0 Å². The van der Waals surface area contributed by atoms with Crippen molar-refractivity contribution < 1.29 is 14.5 Å². The maximum atomic E-state index is 13.0. The molecule has 1 amide bonds. The van der Waals surface area contributed by atoms with E-state index < -0.39 is 4.92 Å². The summed E-state index contributed by atoms with van der Waals surface area (Å²) in [6.45, 7) is 10.2. The molecule has 4 rings (SSSR count). The van der Waals surface area contributed by atoms with Crippen LogP contribution < -0.4 is 5.32 Å². The Morgan fingerprint density at radius 3 is 2.59 bits per heavy atom. The number of benzene rings is 2. The van der Waals surface area contributed by atoms with E-state index in [9.17, 15) is 19.7 Å². The van der Waals surface area contributed by atoms with Crippen LogP contribution in [0.2, 0.25) is 0 Å². The fraction of sp³-hybridized carbons (Fsp3) is 0.345. The van der Waals surface area contributed by atoms with Gasteiger partial charge in [0.1, 0.15) is 5.69 Å². The van der Waals surface area contributed by atoms with Gasteiger partial charge in [0.15, 0.2) is 5.78 Å². The van der Waals surface area contributed by atoms with E-state index in [1.54, 1.807) is 18.2 Å². The number of aryl methyl sites for hydroxylation is 2. The van der Waals surface area contributed by atoms with Gasteiger partial charge in [0.2, 0.25) is 0 Å². The minimum absolute atomic E-state index is 0.00351. The molecule has 0 saturated heterocycles. The first-order valence-corrected chi connectivity index (χ1v) is 12.5. The number of Topliss-reactive ketones (excluding diaryl/α,β-unsaturated/α-hetero) is 1. The lowest BCUT2D eigenvalue weighted by molar-refractivity contribution is -0.384. The van der Waals surface area contributed by atoms with Crippen LogP contribution >= 0.6 is 0 Å². The molecule has 0 spiro atoms. The first kappa shape index (κ1) is 26.0. The molecular weight excluding hydrogens is 468 g/mol. The van der Waals surface area contributed by atoms with Crippen LogP contribution in [0.4, 0.5) is 5.69 Å². The molecule has 0 saturated carbocycles. The van der Waals surface area contributed by atoms with Gasteiger partial charge < -0.3 is 5.32 Å². The number of hydrogen-bond donors (Lipinski definition) is 1. The van der Waals surface area contributed by atoms with Gasteiger partial charge in [-0.15, -0.1) is 6.58 Å². The Morgan fingerprint density at radius 2 is 1.92 bits per heavy atom. The number of amides is 1. The number of nitro benzene ring substituents is 1. The zero-order chi connectivity index (χ0) is 26.7. The lowest BCUT2D eigenvalue weighted by Gasteiger charge is -2.29. The molecule has 0 radical (unpaired) electrons. The zero-order valence-corrected chi connectivity index (χ0v) is 21.5. The number of fused-ring (bicyclic) bond motifs is 1. The molecule has 0 atom stereocenters. The summed E-state index contributed by atoms with van der Waals surface area (Å²) >= 11 is 0. The third-order valence-electron chi connectivity index (χ3n) is 6.69. The average molecular weight is 501 g/mol. The van der Waals surface area contributed by atoms with Crippen molar-refractivity contribution in [2.45, 2.75) is 52.9 Å². The Balaban J connectivity index is 1.64. The maximum Gasteiger partial charge on any atom is 0.295 e. The molecule has 0 fully saturated rings. The smallest absolute Gasteiger partial charge is 0.295 e. The number of carbonyl (C=O) groups is 2. The first-order chi connectivity index (χ1) is 17.6. The second-order valence-corrected chi connectivity index (χ2v) is 10.4. The van der Waals surface area contributed by atoms with Crippen LogP contribution in [-0.4, -0.2) is 32.9 Å². The van der Waals surface area contributed by atoms with E-state index in [0.717, 1.165) is 5.56 Å². The molecule has 2 aromatic carbocycles. The van der Waals surface area contributed by atoms with Crippen LogP contribution in [-0.2, 0) is 19.3 Å². The van der Waals surface area contributed by atoms with Gasteiger partial charge in [0.05, 0.1) is 21.9 Å². The van der Waals surface area contributed by atoms with Gasteiger partial charge >= 0.3 is 0 Å². The van der Waals surface area contributed by atoms with Crippen molar-refractivity contribution in [3.05, 3.63) is 98.9 Å². The quantitative estimate of drug-likeness (QED) is 0.243. The second-order valence-electron chi connectivity index (χ2n) is 10.4. The average Bonchev–Trinajstić information content (AvgIpc) is 3.20. The Bertz CT molecular complexity index is 1370. The van der Waals surface area contributed by atoms with Gasteiger partial charge in [-0.05, 0) is 55.7 Å². The number of carbonyl (C=O) groups excluding carboxylic acids is 2. The number of nitro groups is 1. The number of rotatable bonds is 9. The van der Waals surface area contributed by atoms with Crippen molar-refractivity contribution in [1.82, 2.24) is 15.1 Å². The summed E-state index contributed by atoms with van der Waals surface area (Å²) in [6, 6.07) is 12.5. The second kappa shape index (κ2) is 10.5. The maximum absolute atomic E-state index is 13.0. The number of nitrogens with zero attached hydrogens (tertiary/aromatic N) is 3. The summed E-state index contributed by atoms with van der Waals surface area (Å²) in [7, 11) is 0. The fourth-order valence-electron chi connectivity index (χ4n) is 4.81. The topological polar surface area (TPSA) is 107 Å². The number of ketones is 1. The van der Waals surface area contributed by atoms with Crippen LogP contribution in [0, 0.1) is 22.5 Å². The van der Waals surface area contributed by atoms with Crippen molar-refractivity contribution in [3.63, 3.8) is 0 Å². The van der Waals surface area contributed by atoms with Crippen LogP contribution in [0.5, 0.6) is 0 Å². The monoisotopic (exact) mass is 500 g/mol. The van der Waals surface area contributed by atoms with Crippen molar-refractivity contribution in [3.8, 4) is 5.69 Å². The largest absolute Gasteiger partial charge is 0.352 e. The third kappa shape index (κ3) is 5.69. The molecule has 1 heterocycles. The van der Waals surface area contributed by atoms with Crippen molar-refractivity contribution in [2.75, 3.05) is 6.54 Å². The molecule has 0 aliphatic heterocycles. The number of nitrogens with one attached hydrogen (secondary N) is 1. The Hall–Kier alpha value is -4.07. The van der Waals surface area contributed by atoms with Crippen molar-refractivity contribution in [1.29, 1.82) is 0 Å². The predicted octanol–water partition coefficient (Wildman–Crippen LogP) is 5.34. The molecule has 3 aromatic rings. The van der Waals surface area contributed by atoms with E-state index in [0.29, 0.717) is 55.6 Å². The molecule has 8 heteroatoms. The molecule has 1 aromatic heterocycles. The number of hydrogen-bond acceptors (Lipinski definition) is 5. The summed E-state index contributed by atoms with van der Waals surface area (Å²) < 4.78 is 1.53. The lowest BCUT2D eigenvalue weighted by atomic mass is 9.75. The highest BCUT2D eigenvalue weighted by Crippen LogP contribution is 2.38. The van der Waals surface area contributed by atoms with Crippen LogP contribution in [0.1, 0.15) is 69.9 Å². The number of aromatic nitrogens is 2. The Kier molecular flexibility index (Phi) is 7.38. The molecule has 8 nitrogen and oxygen atoms in total. The van der Waals surface area contributed by atoms with Gasteiger partial charge in [-0.25, -0.2) is 4.68 Å².